The van der Waals surface area contributed by atoms with Gasteiger partial charge in [0.1, 0.15) is 0 Å². The van der Waals surface area contributed by atoms with Crippen LogP contribution in [0.3, 0.4) is 0 Å². The topological polar surface area (TPSA) is 90.6 Å². The van der Waals surface area contributed by atoms with Crippen molar-refractivity contribution in [3.63, 3.8) is 0 Å². The zero-order valence-corrected chi connectivity index (χ0v) is 10.5. The highest BCUT2D eigenvalue weighted by molar-refractivity contribution is 5.96. The summed E-state index contributed by atoms with van der Waals surface area (Å²) in [4.78, 5) is 21.9. The van der Waals surface area contributed by atoms with Crippen LogP contribution in [0.15, 0.2) is 12.4 Å². The van der Waals surface area contributed by atoms with Gasteiger partial charge in [-0.15, -0.1) is 0 Å². The largest absolute Gasteiger partial charge is 0.382 e. The molecule has 0 bridgehead atoms. The lowest BCUT2D eigenvalue weighted by atomic mass is 10.0. The van der Waals surface area contributed by atoms with Crippen molar-refractivity contribution < 1.29 is 14.3 Å². The van der Waals surface area contributed by atoms with Gasteiger partial charge < -0.3 is 20.1 Å². The van der Waals surface area contributed by atoms with E-state index in [1.165, 1.54) is 12.4 Å². The monoisotopic (exact) mass is 264 g/mol. The van der Waals surface area contributed by atoms with E-state index in [0.717, 1.165) is 0 Å². The summed E-state index contributed by atoms with van der Waals surface area (Å²) in [5, 5.41) is 0. The molecule has 1 aromatic rings. The maximum absolute atomic E-state index is 12.3. The highest BCUT2D eigenvalue weighted by Gasteiger charge is 2.41. The molecule has 0 atom stereocenters. The normalized spacial score (nSPS) is 21.8. The molecular weight excluding hydrogens is 248 g/mol. The van der Waals surface area contributed by atoms with Gasteiger partial charge in [-0.3, -0.25) is 4.79 Å². The zero-order valence-electron chi connectivity index (χ0n) is 10.5. The fourth-order valence-electron chi connectivity index (χ4n) is 2.50. The molecule has 0 unspecified atom stereocenters. The molecule has 7 heteroatoms. The van der Waals surface area contributed by atoms with Crippen LogP contribution >= 0.6 is 0 Å². The Morgan fingerprint density at radius 2 is 1.84 bits per heavy atom. The molecule has 0 aromatic carbocycles. The molecule has 2 N–H and O–H groups in total. The zero-order chi connectivity index (χ0) is 13.3. The molecule has 1 spiro atoms. The molecule has 2 fully saturated rings. The molecule has 0 aliphatic carbocycles. The Morgan fingerprint density at radius 3 is 2.47 bits per heavy atom. The van der Waals surface area contributed by atoms with Crippen molar-refractivity contribution in [1.82, 2.24) is 14.9 Å². The van der Waals surface area contributed by atoms with Gasteiger partial charge in [0.2, 0.25) is 0 Å². The van der Waals surface area contributed by atoms with E-state index in [9.17, 15) is 4.79 Å². The molecule has 2 saturated heterocycles. The SMILES string of the molecule is Nc1nccnc1C(=O)N1CCC2(CC1)OCCO2. The van der Waals surface area contributed by atoms with Crippen LogP contribution in [0.4, 0.5) is 5.82 Å². The van der Waals surface area contributed by atoms with Crippen LogP contribution in [0.25, 0.3) is 0 Å². The molecule has 1 amide bonds. The first-order valence-corrected chi connectivity index (χ1v) is 6.34. The van der Waals surface area contributed by atoms with E-state index < -0.39 is 5.79 Å². The van der Waals surface area contributed by atoms with Gasteiger partial charge >= 0.3 is 0 Å². The molecule has 19 heavy (non-hydrogen) atoms. The van der Waals surface area contributed by atoms with E-state index in [2.05, 4.69) is 9.97 Å². The number of hydrogen-bond acceptors (Lipinski definition) is 6. The molecule has 0 saturated carbocycles. The van der Waals surface area contributed by atoms with Crippen LogP contribution in [0, 0.1) is 0 Å². The number of amides is 1. The third kappa shape index (κ3) is 2.26. The van der Waals surface area contributed by atoms with Gasteiger partial charge in [-0.05, 0) is 0 Å². The van der Waals surface area contributed by atoms with Crippen LogP contribution in [-0.2, 0) is 9.47 Å². The minimum absolute atomic E-state index is 0.168. The Labute approximate surface area is 110 Å². The number of nitrogens with two attached hydrogens (primary N) is 1. The van der Waals surface area contributed by atoms with Crippen molar-refractivity contribution in [2.45, 2.75) is 18.6 Å². The molecule has 0 radical (unpaired) electrons. The van der Waals surface area contributed by atoms with Crippen LogP contribution < -0.4 is 5.73 Å². The van der Waals surface area contributed by atoms with Crippen LogP contribution in [0.1, 0.15) is 23.3 Å². The number of rotatable bonds is 1. The molecule has 2 aliphatic rings. The minimum atomic E-state index is -0.481. The van der Waals surface area contributed by atoms with Crippen molar-refractivity contribution in [2.75, 3.05) is 32.0 Å². The summed E-state index contributed by atoms with van der Waals surface area (Å²) in [6.45, 7) is 2.42. The number of anilines is 1. The van der Waals surface area contributed by atoms with Gasteiger partial charge in [0.15, 0.2) is 17.3 Å². The molecule has 7 nitrogen and oxygen atoms in total. The second-order valence-corrected chi connectivity index (χ2v) is 4.69. The number of aromatic nitrogens is 2. The van der Waals surface area contributed by atoms with Gasteiger partial charge in [-0.25, -0.2) is 9.97 Å². The molecular formula is C12H16N4O3. The number of piperidine rings is 1. The smallest absolute Gasteiger partial charge is 0.276 e. The predicted molar refractivity (Wildman–Crippen MR) is 66.2 cm³/mol. The van der Waals surface area contributed by atoms with Crippen LogP contribution in [-0.4, -0.2) is 52.9 Å². The van der Waals surface area contributed by atoms with E-state index in [4.69, 9.17) is 15.2 Å². The molecule has 102 valence electrons. The van der Waals surface area contributed by atoms with E-state index in [0.29, 0.717) is 39.1 Å². The average Bonchev–Trinajstić information content (AvgIpc) is 2.88. The molecule has 3 heterocycles. The number of nitrogen functional groups attached to an aromatic ring is 1. The van der Waals surface area contributed by atoms with E-state index in [1.807, 2.05) is 0 Å². The van der Waals surface area contributed by atoms with Gasteiger partial charge in [-0.1, -0.05) is 0 Å². The number of carbonyl (C=O) groups is 1. The summed E-state index contributed by atoms with van der Waals surface area (Å²) in [6, 6.07) is 0. The summed E-state index contributed by atoms with van der Waals surface area (Å²) in [5.74, 6) is -0.496. The third-order valence-electron chi connectivity index (χ3n) is 3.56. The third-order valence-corrected chi connectivity index (χ3v) is 3.56. The van der Waals surface area contributed by atoms with Crippen LogP contribution in [0.5, 0.6) is 0 Å². The molecule has 2 aliphatic heterocycles. The highest BCUT2D eigenvalue weighted by atomic mass is 16.7. The van der Waals surface area contributed by atoms with Crippen molar-refractivity contribution in [2.24, 2.45) is 0 Å². The second-order valence-electron chi connectivity index (χ2n) is 4.69. The standard InChI is InChI=1S/C12H16N4O3/c13-10-9(14-3-4-15-10)11(17)16-5-1-12(2-6-16)18-7-8-19-12/h3-4H,1-2,5-8H2,(H2,13,15). The number of likely N-dealkylation sites (tertiary alicyclic amines) is 1. The highest BCUT2D eigenvalue weighted by Crippen LogP contribution is 2.31. The Kier molecular flexibility index (Phi) is 3.08. The first-order chi connectivity index (χ1) is 9.20. The minimum Gasteiger partial charge on any atom is -0.382 e. The summed E-state index contributed by atoms with van der Waals surface area (Å²) >= 11 is 0. The fourth-order valence-corrected chi connectivity index (χ4v) is 2.50. The summed E-state index contributed by atoms with van der Waals surface area (Å²) in [7, 11) is 0. The van der Waals surface area contributed by atoms with Gasteiger partial charge in [-0.2, -0.15) is 0 Å². The lowest BCUT2D eigenvalue weighted by Crippen LogP contribution is -2.47. The predicted octanol–water partition coefficient (Wildman–Crippen LogP) is 0.0379. The Balaban J connectivity index is 1.68. The average molecular weight is 264 g/mol. The van der Waals surface area contributed by atoms with Crippen molar-refractivity contribution in [3.05, 3.63) is 18.1 Å². The maximum atomic E-state index is 12.3. The summed E-state index contributed by atoms with van der Waals surface area (Å²) < 4.78 is 11.3. The lowest BCUT2D eigenvalue weighted by Gasteiger charge is -2.37. The van der Waals surface area contributed by atoms with Gasteiger partial charge in [0.05, 0.1) is 13.2 Å². The Hall–Kier alpha value is -1.73. The van der Waals surface area contributed by atoms with E-state index in [1.54, 1.807) is 4.90 Å². The number of carbonyl (C=O) groups excluding carboxylic acids is 1. The number of ether oxygens (including phenoxy) is 2. The molecule has 1 aromatic heterocycles. The van der Waals surface area contributed by atoms with Crippen LogP contribution in [0.2, 0.25) is 0 Å². The maximum Gasteiger partial charge on any atom is 0.276 e. The van der Waals surface area contributed by atoms with Gasteiger partial charge in [0, 0.05) is 38.3 Å². The first-order valence-electron chi connectivity index (χ1n) is 6.34. The van der Waals surface area contributed by atoms with E-state index in [-0.39, 0.29) is 17.4 Å². The van der Waals surface area contributed by atoms with Crippen molar-refractivity contribution in [3.8, 4) is 0 Å². The van der Waals surface area contributed by atoms with E-state index >= 15 is 0 Å². The van der Waals surface area contributed by atoms with Crippen molar-refractivity contribution in [1.29, 1.82) is 0 Å². The lowest BCUT2D eigenvalue weighted by molar-refractivity contribution is -0.181. The fraction of sp³-hybridized carbons (Fsp3) is 0.583. The first kappa shape index (κ1) is 12.3. The molecule has 3 rings (SSSR count). The Bertz CT molecular complexity index is 478. The summed E-state index contributed by atoms with van der Waals surface area (Å²) in [6.07, 6.45) is 4.30. The number of nitrogens with zero attached hydrogens (tertiary/aromatic N) is 3. The van der Waals surface area contributed by atoms with Crippen molar-refractivity contribution >= 4 is 11.7 Å². The second kappa shape index (κ2) is 4.75. The van der Waals surface area contributed by atoms with Gasteiger partial charge in [0.25, 0.3) is 5.91 Å². The quantitative estimate of drug-likeness (QED) is 0.770. The Morgan fingerprint density at radius 1 is 1.21 bits per heavy atom. The summed E-state index contributed by atoms with van der Waals surface area (Å²) in [5.41, 5.74) is 5.89. The number of hydrogen-bond donors (Lipinski definition) is 1.